The largest absolute Gasteiger partial charge is 0.402 e. The predicted octanol–water partition coefficient (Wildman–Crippen LogP) is 1.08. The molecule has 0 saturated carbocycles. The van der Waals surface area contributed by atoms with Crippen molar-refractivity contribution in [3.05, 3.63) is 11.3 Å². The van der Waals surface area contributed by atoms with Crippen LogP contribution in [0.4, 0.5) is 0 Å². The van der Waals surface area contributed by atoms with Gasteiger partial charge in [0.2, 0.25) is 0 Å². The molecule has 0 atom stereocenters. The zero-order valence-corrected chi connectivity index (χ0v) is 8.09. The van der Waals surface area contributed by atoms with Crippen LogP contribution in [0.3, 0.4) is 0 Å². The van der Waals surface area contributed by atoms with Crippen molar-refractivity contribution in [2.45, 2.75) is 27.2 Å². The Kier molecular flexibility index (Phi) is 5.37. The molecular weight excluding hydrogens is 152 g/mol. The molecule has 12 heavy (non-hydrogen) atoms. The Hall–Kier alpha value is -0.830. The number of nitrogens with two attached hydrogens (primary N) is 1. The summed E-state index contributed by atoms with van der Waals surface area (Å²) in [6, 6.07) is 0. The number of allylic oxidation sites excluding steroid dienone is 2. The molecule has 3 N–H and O–H groups in total. The van der Waals surface area contributed by atoms with E-state index in [4.69, 9.17) is 10.8 Å². The maximum Gasteiger partial charge on any atom is 0.0627 e. The van der Waals surface area contributed by atoms with E-state index in [1.165, 1.54) is 0 Å². The third-order valence-corrected chi connectivity index (χ3v) is 1.85. The first-order chi connectivity index (χ1) is 5.63. The van der Waals surface area contributed by atoms with Crippen LogP contribution in [-0.4, -0.2) is 24.0 Å². The minimum atomic E-state index is 0.0939. The minimum absolute atomic E-state index is 0.0939. The normalized spacial score (nSPS) is 14.5. The molecule has 70 valence electrons. The number of hydrogen-bond acceptors (Lipinski definition) is 3. The lowest BCUT2D eigenvalue weighted by Crippen LogP contribution is -2.06. The molecule has 0 bridgehead atoms. The van der Waals surface area contributed by atoms with Crippen molar-refractivity contribution in [1.29, 1.82) is 0 Å². The zero-order chi connectivity index (χ0) is 9.56. The molecule has 0 aromatic rings. The topological polar surface area (TPSA) is 58.6 Å². The molecule has 0 radical (unpaired) electrons. The van der Waals surface area contributed by atoms with E-state index in [9.17, 15) is 0 Å². The average molecular weight is 170 g/mol. The van der Waals surface area contributed by atoms with E-state index in [2.05, 4.69) is 4.99 Å². The van der Waals surface area contributed by atoms with Gasteiger partial charge in [0.05, 0.1) is 13.2 Å². The van der Waals surface area contributed by atoms with E-state index in [1.807, 2.05) is 20.8 Å². The molecule has 0 rings (SSSR count). The summed E-state index contributed by atoms with van der Waals surface area (Å²) < 4.78 is 0. The SMILES string of the molecule is CC/C(N)=C(\C)C(C)=NCCO. The van der Waals surface area contributed by atoms with Crippen LogP contribution in [0.25, 0.3) is 0 Å². The van der Waals surface area contributed by atoms with Crippen LogP contribution in [0.1, 0.15) is 27.2 Å². The molecule has 0 spiro atoms. The first-order valence-electron chi connectivity index (χ1n) is 4.21. The van der Waals surface area contributed by atoms with Crippen molar-refractivity contribution in [3.8, 4) is 0 Å². The molecule has 0 aromatic carbocycles. The molecule has 0 fully saturated rings. The fraction of sp³-hybridized carbons (Fsp3) is 0.667. The lowest BCUT2D eigenvalue weighted by atomic mass is 10.1. The molecule has 0 saturated heterocycles. The smallest absolute Gasteiger partial charge is 0.0627 e. The number of aliphatic hydroxyl groups is 1. The molecule has 0 aliphatic heterocycles. The zero-order valence-electron chi connectivity index (χ0n) is 8.09. The highest BCUT2D eigenvalue weighted by atomic mass is 16.3. The van der Waals surface area contributed by atoms with Gasteiger partial charge < -0.3 is 10.8 Å². The lowest BCUT2D eigenvalue weighted by molar-refractivity contribution is 0.307. The Balaban J connectivity index is 4.36. The molecular formula is C9H18N2O. The molecule has 0 heterocycles. The van der Waals surface area contributed by atoms with E-state index in [0.29, 0.717) is 6.54 Å². The van der Waals surface area contributed by atoms with Gasteiger partial charge in [0.25, 0.3) is 0 Å². The number of nitrogens with zero attached hydrogens (tertiary/aromatic N) is 1. The molecule has 0 unspecified atom stereocenters. The Bertz CT molecular complexity index is 195. The minimum Gasteiger partial charge on any atom is -0.402 e. The Labute approximate surface area is 74.0 Å². The van der Waals surface area contributed by atoms with Crippen LogP contribution in [0.2, 0.25) is 0 Å². The molecule has 0 aliphatic rings. The van der Waals surface area contributed by atoms with Crippen LogP contribution in [0.5, 0.6) is 0 Å². The molecule has 0 aliphatic carbocycles. The third kappa shape index (κ3) is 3.53. The summed E-state index contributed by atoms with van der Waals surface area (Å²) in [4.78, 5) is 4.14. The van der Waals surface area contributed by atoms with Crippen molar-refractivity contribution in [2.75, 3.05) is 13.2 Å². The van der Waals surface area contributed by atoms with Crippen LogP contribution < -0.4 is 5.73 Å². The summed E-state index contributed by atoms with van der Waals surface area (Å²) in [5, 5.41) is 8.54. The van der Waals surface area contributed by atoms with Crippen LogP contribution in [0.15, 0.2) is 16.3 Å². The van der Waals surface area contributed by atoms with Gasteiger partial charge in [-0.1, -0.05) is 6.92 Å². The molecule has 3 nitrogen and oxygen atoms in total. The van der Waals surface area contributed by atoms with Gasteiger partial charge in [-0.3, -0.25) is 4.99 Å². The maximum absolute atomic E-state index is 8.54. The lowest BCUT2D eigenvalue weighted by Gasteiger charge is -2.04. The van der Waals surface area contributed by atoms with Crippen molar-refractivity contribution in [1.82, 2.24) is 0 Å². The van der Waals surface area contributed by atoms with Crippen LogP contribution in [-0.2, 0) is 0 Å². The first-order valence-corrected chi connectivity index (χ1v) is 4.21. The van der Waals surface area contributed by atoms with E-state index >= 15 is 0 Å². The number of hydrogen-bond donors (Lipinski definition) is 2. The van der Waals surface area contributed by atoms with Crippen molar-refractivity contribution >= 4 is 5.71 Å². The van der Waals surface area contributed by atoms with Gasteiger partial charge in [-0.25, -0.2) is 0 Å². The fourth-order valence-corrected chi connectivity index (χ4v) is 0.834. The van der Waals surface area contributed by atoms with Gasteiger partial charge in [-0.15, -0.1) is 0 Å². The number of aliphatic hydroxyl groups excluding tert-OH is 1. The highest BCUT2D eigenvalue weighted by molar-refractivity contribution is 5.98. The van der Waals surface area contributed by atoms with E-state index in [0.717, 1.165) is 23.4 Å². The second kappa shape index (κ2) is 5.77. The van der Waals surface area contributed by atoms with Crippen molar-refractivity contribution < 1.29 is 5.11 Å². The van der Waals surface area contributed by atoms with Gasteiger partial charge in [0.15, 0.2) is 0 Å². The van der Waals surface area contributed by atoms with Crippen LogP contribution in [0, 0.1) is 0 Å². The van der Waals surface area contributed by atoms with Gasteiger partial charge in [-0.05, 0) is 25.8 Å². The molecule has 0 aromatic heterocycles. The van der Waals surface area contributed by atoms with Crippen molar-refractivity contribution in [3.63, 3.8) is 0 Å². The second-order valence-electron chi connectivity index (χ2n) is 2.69. The van der Waals surface area contributed by atoms with Crippen LogP contribution >= 0.6 is 0 Å². The Morgan fingerprint density at radius 2 is 2.00 bits per heavy atom. The Morgan fingerprint density at radius 1 is 1.42 bits per heavy atom. The monoisotopic (exact) mass is 170 g/mol. The van der Waals surface area contributed by atoms with Gasteiger partial charge in [0, 0.05) is 11.4 Å². The first kappa shape index (κ1) is 11.2. The predicted molar refractivity (Wildman–Crippen MR) is 52.2 cm³/mol. The summed E-state index contributed by atoms with van der Waals surface area (Å²) in [5.74, 6) is 0. The second-order valence-corrected chi connectivity index (χ2v) is 2.69. The summed E-state index contributed by atoms with van der Waals surface area (Å²) in [7, 11) is 0. The van der Waals surface area contributed by atoms with E-state index in [1.54, 1.807) is 0 Å². The fourth-order valence-electron chi connectivity index (χ4n) is 0.834. The van der Waals surface area contributed by atoms with E-state index < -0.39 is 0 Å². The summed E-state index contributed by atoms with van der Waals surface area (Å²) >= 11 is 0. The van der Waals surface area contributed by atoms with Gasteiger partial charge in [-0.2, -0.15) is 0 Å². The Morgan fingerprint density at radius 3 is 2.42 bits per heavy atom. The van der Waals surface area contributed by atoms with Crippen molar-refractivity contribution in [2.24, 2.45) is 10.7 Å². The molecule has 3 heteroatoms. The quantitative estimate of drug-likeness (QED) is 0.620. The standard InChI is InChI=1S/C9H18N2O/c1-4-9(10)7(2)8(3)11-5-6-12/h12H,4-6,10H2,1-3H3/b9-7-,11-8?. The van der Waals surface area contributed by atoms with E-state index in [-0.39, 0.29) is 6.61 Å². The highest BCUT2D eigenvalue weighted by Crippen LogP contribution is 2.04. The number of rotatable bonds is 4. The summed E-state index contributed by atoms with van der Waals surface area (Å²) in [6.07, 6.45) is 0.845. The van der Waals surface area contributed by atoms with Gasteiger partial charge in [0.1, 0.15) is 0 Å². The summed E-state index contributed by atoms with van der Waals surface area (Å²) in [6.45, 7) is 6.43. The van der Waals surface area contributed by atoms with Gasteiger partial charge >= 0.3 is 0 Å². The highest BCUT2D eigenvalue weighted by Gasteiger charge is 1.98. The third-order valence-electron chi connectivity index (χ3n) is 1.85. The summed E-state index contributed by atoms with van der Waals surface area (Å²) in [5.41, 5.74) is 8.55. The maximum atomic E-state index is 8.54. The number of aliphatic imine (C=N–C) groups is 1. The molecule has 0 amide bonds. The average Bonchev–Trinajstić information content (AvgIpc) is 2.11.